The van der Waals surface area contributed by atoms with Crippen molar-refractivity contribution in [3.63, 3.8) is 0 Å². The van der Waals surface area contributed by atoms with Crippen LogP contribution in [0.1, 0.15) is 62.1 Å². The molecule has 1 fully saturated rings. The summed E-state index contributed by atoms with van der Waals surface area (Å²) in [5.74, 6) is 1.21. The summed E-state index contributed by atoms with van der Waals surface area (Å²) in [5.41, 5.74) is 5.45. The van der Waals surface area contributed by atoms with E-state index in [-0.39, 0.29) is 16.5 Å². The lowest BCUT2D eigenvalue weighted by molar-refractivity contribution is 0.292. The van der Waals surface area contributed by atoms with Gasteiger partial charge in [-0.1, -0.05) is 38.5 Å². The highest BCUT2D eigenvalue weighted by molar-refractivity contribution is 5.95. The predicted molar refractivity (Wildman–Crippen MR) is 136 cm³/mol. The normalized spacial score (nSPS) is 15.9. The van der Waals surface area contributed by atoms with E-state index in [9.17, 15) is 10.1 Å². The van der Waals surface area contributed by atoms with Gasteiger partial charge >= 0.3 is 0 Å². The zero-order chi connectivity index (χ0) is 24.2. The molecule has 174 valence electrons. The van der Waals surface area contributed by atoms with Crippen LogP contribution in [0.25, 0.3) is 22.0 Å². The van der Waals surface area contributed by atoms with Crippen LogP contribution in [0, 0.1) is 18.3 Å². The molecule has 1 saturated heterocycles. The van der Waals surface area contributed by atoms with Crippen molar-refractivity contribution in [2.75, 3.05) is 18.0 Å². The first-order chi connectivity index (χ1) is 16.2. The Kier molecular flexibility index (Phi) is 5.24. The molecule has 2 aromatic heterocycles. The van der Waals surface area contributed by atoms with E-state index in [1.807, 2.05) is 25.1 Å². The van der Waals surface area contributed by atoms with Crippen LogP contribution in [0.5, 0.6) is 0 Å². The third-order valence-electron chi connectivity index (χ3n) is 7.41. The molecule has 0 N–H and O–H groups in total. The van der Waals surface area contributed by atoms with Crippen LogP contribution in [0.15, 0.2) is 45.6 Å². The lowest BCUT2D eigenvalue weighted by atomic mass is 9.80. The Bertz CT molecular complexity index is 1510. The highest BCUT2D eigenvalue weighted by Crippen LogP contribution is 2.39. The molecule has 0 aliphatic carbocycles. The van der Waals surface area contributed by atoms with Gasteiger partial charge in [0.25, 0.3) is 5.56 Å². The maximum Gasteiger partial charge on any atom is 0.270 e. The van der Waals surface area contributed by atoms with Gasteiger partial charge in [0.1, 0.15) is 17.1 Å². The Morgan fingerprint density at radius 2 is 1.88 bits per heavy atom. The average molecular weight is 455 g/mol. The van der Waals surface area contributed by atoms with Crippen molar-refractivity contribution in [2.24, 2.45) is 7.05 Å². The fourth-order valence-corrected chi connectivity index (χ4v) is 5.07. The highest BCUT2D eigenvalue weighted by atomic mass is 16.3. The van der Waals surface area contributed by atoms with Crippen LogP contribution >= 0.6 is 0 Å². The molecule has 0 spiro atoms. The van der Waals surface area contributed by atoms with Crippen LogP contribution < -0.4 is 10.5 Å². The number of hydrogen-bond donors (Lipinski definition) is 0. The maximum absolute atomic E-state index is 13.0. The number of anilines is 1. The fraction of sp³-hybridized carbons (Fsp3) is 0.393. The first kappa shape index (κ1) is 22.2. The number of rotatable bonds is 3. The number of piperidine rings is 1. The largest absolute Gasteiger partial charge is 0.440 e. The molecule has 1 aliphatic rings. The molecule has 34 heavy (non-hydrogen) atoms. The lowest BCUT2D eigenvalue weighted by Crippen LogP contribution is -2.42. The molecule has 0 unspecified atom stereocenters. The summed E-state index contributed by atoms with van der Waals surface area (Å²) in [5, 5.41) is 10.8. The van der Waals surface area contributed by atoms with Crippen molar-refractivity contribution in [3.05, 3.63) is 69.3 Å². The van der Waals surface area contributed by atoms with Crippen LogP contribution in [0.2, 0.25) is 0 Å². The summed E-state index contributed by atoms with van der Waals surface area (Å²) in [6.45, 7) is 10.0. The van der Waals surface area contributed by atoms with Gasteiger partial charge in [-0.05, 0) is 55.5 Å². The molecule has 5 rings (SSSR count). The third kappa shape index (κ3) is 3.47. The molecular formula is C28H30N4O2. The smallest absolute Gasteiger partial charge is 0.270 e. The first-order valence-corrected chi connectivity index (χ1v) is 11.9. The predicted octanol–water partition coefficient (Wildman–Crippen LogP) is 5.54. The first-order valence-electron chi connectivity index (χ1n) is 11.9. The molecule has 6 nitrogen and oxygen atoms in total. The number of hydrogen-bond acceptors (Lipinski definition) is 5. The van der Waals surface area contributed by atoms with Crippen LogP contribution in [0.4, 0.5) is 5.69 Å². The SMILES string of the molecule is Cc1ccc2c(c1)c(N1CCC(C)(c3nc4cc(C(C)C)ccc4o3)CC1)c(C#N)c(=O)n2C. The molecule has 0 amide bonds. The molecule has 3 heterocycles. The standard InChI is InChI=1S/C28H30N4O2/c1-17(2)19-7-9-24-22(15-19)30-27(34-24)28(4)10-12-32(13-11-28)25-20-14-18(3)6-8-23(20)31(5)26(33)21(25)16-29/h6-9,14-15,17H,10-13H2,1-5H3. The van der Waals surface area contributed by atoms with Gasteiger partial charge in [-0.2, -0.15) is 5.26 Å². The second-order valence-electron chi connectivity index (χ2n) is 10.2. The lowest BCUT2D eigenvalue weighted by Gasteiger charge is -2.39. The summed E-state index contributed by atoms with van der Waals surface area (Å²) in [4.78, 5) is 20.1. The Balaban J connectivity index is 1.51. The van der Waals surface area contributed by atoms with Crippen molar-refractivity contribution >= 4 is 27.7 Å². The number of nitrogens with zero attached hydrogens (tertiary/aromatic N) is 4. The molecule has 0 saturated carbocycles. The van der Waals surface area contributed by atoms with Gasteiger partial charge in [0.2, 0.25) is 5.89 Å². The zero-order valence-electron chi connectivity index (χ0n) is 20.5. The summed E-state index contributed by atoms with van der Waals surface area (Å²) in [6.07, 6.45) is 1.65. The molecule has 1 aliphatic heterocycles. The second kappa shape index (κ2) is 8.02. The highest BCUT2D eigenvalue weighted by Gasteiger charge is 2.37. The average Bonchev–Trinajstić information content (AvgIpc) is 3.26. The van der Waals surface area contributed by atoms with E-state index in [4.69, 9.17) is 9.40 Å². The molecule has 0 bridgehead atoms. The summed E-state index contributed by atoms with van der Waals surface area (Å²) in [7, 11) is 1.73. The Morgan fingerprint density at radius 3 is 2.56 bits per heavy atom. The fourth-order valence-electron chi connectivity index (χ4n) is 5.07. The quantitative estimate of drug-likeness (QED) is 0.406. The minimum atomic E-state index is -0.248. The minimum Gasteiger partial charge on any atom is -0.440 e. The molecule has 4 aromatic rings. The van der Waals surface area contributed by atoms with E-state index in [0.29, 0.717) is 5.92 Å². The van der Waals surface area contributed by atoms with Crippen molar-refractivity contribution in [2.45, 2.75) is 51.9 Å². The monoisotopic (exact) mass is 454 g/mol. The van der Waals surface area contributed by atoms with Gasteiger partial charge in [0.15, 0.2) is 5.58 Å². The summed E-state index contributed by atoms with van der Waals surface area (Å²) < 4.78 is 7.79. The van der Waals surface area contributed by atoms with Gasteiger partial charge in [-0.25, -0.2) is 4.98 Å². The second-order valence-corrected chi connectivity index (χ2v) is 10.2. The Morgan fingerprint density at radius 1 is 1.15 bits per heavy atom. The number of aryl methyl sites for hydroxylation is 2. The molecule has 0 radical (unpaired) electrons. The maximum atomic E-state index is 13.0. The molecule has 2 aromatic carbocycles. The third-order valence-corrected chi connectivity index (χ3v) is 7.41. The number of aromatic nitrogens is 2. The van der Waals surface area contributed by atoms with Gasteiger partial charge in [0, 0.05) is 30.9 Å². The van der Waals surface area contributed by atoms with Crippen molar-refractivity contribution in [1.29, 1.82) is 5.26 Å². The van der Waals surface area contributed by atoms with E-state index in [2.05, 4.69) is 49.9 Å². The number of pyridine rings is 1. The zero-order valence-corrected chi connectivity index (χ0v) is 20.5. The Hall–Kier alpha value is -3.59. The molecule has 6 heteroatoms. The van der Waals surface area contributed by atoms with Crippen molar-refractivity contribution in [3.8, 4) is 6.07 Å². The van der Waals surface area contributed by atoms with Crippen molar-refractivity contribution < 1.29 is 4.42 Å². The van der Waals surface area contributed by atoms with Crippen molar-refractivity contribution in [1.82, 2.24) is 9.55 Å². The number of benzene rings is 2. The van der Waals surface area contributed by atoms with E-state index < -0.39 is 0 Å². The summed E-state index contributed by atoms with van der Waals surface area (Å²) >= 11 is 0. The van der Waals surface area contributed by atoms with Crippen LogP contribution in [-0.4, -0.2) is 22.6 Å². The Labute approximate surface area is 199 Å². The van der Waals surface area contributed by atoms with Gasteiger partial charge in [0.05, 0.1) is 11.2 Å². The summed E-state index contributed by atoms with van der Waals surface area (Å²) in [6, 6.07) is 14.5. The molecular weight excluding hydrogens is 424 g/mol. The molecule has 0 atom stereocenters. The minimum absolute atomic E-state index is 0.203. The number of nitriles is 1. The van der Waals surface area contributed by atoms with Crippen LogP contribution in [0.3, 0.4) is 0 Å². The van der Waals surface area contributed by atoms with E-state index in [1.54, 1.807) is 11.6 Å². The van der Waals surface area contributed by atoms with Gasteiger partial charge in [-0.3, -0.25) is 4.79 Å². The van der Waals surface area contributed by atoms with Crippen LogP contribution in [-0.2, 0) is 12.5 Å². The number of oxazole rings is 1. The number of fused-ring (bicyclic) bond motifs is 2. The van der Waals surface area contributed by atoms with Gasteiger partial charge < -0.3 is 13.9 Å². The van der Waals surface area contributed by atoms with E-state index in [1.165, 1.54) is 5.56 Å². The van der Waals surface area contributed by atoms with E-state index >= 15 is 0 Å². The topological polar surface area (TPSA) is 75.1 Å². The van der Waals surface area contributed by atoms with Gasteiger partial charge in [-0.15, -0.1) is 0 Å². The van der Waals surface area contributed by atoms with E-state index in [0.717, 1.165) is 65.1 Å².